The third kappa shape index (κ3) is 5.26. The second-order valence-electron chi connectivity index (χ2n) is 6.38. The van der Waals surface area contributed by atoms with Crippen molar-refractivity contribution < 1.29 is 4.79 Å². The smallest absolute Gasteiger partial charge is 0.238 e. The Kier molecular flexibility index (Phi) is 6.02. The van der Waals surface area contributed by atoms with E-state index in [0.29, 0.717) is 11.6 Å². The van der Waals surface area contributed by atoms with Crippen molar-refractivity contribution in [3.8, 4) is 0 Å². The van der Waals surface area contributed by atoms with Gasteiger partial charge in [-0.2, -0.15) is 0 Å². The molecule has 1 saturated heterocycles. The molecule has 132 valence electrons. The van der Waals surface area contributed by atoms with Gasteiger partial charge >= 0.3 is 0 Å². The van der Waals surface area contributed by atoms with Crippen molar-refractivity contribution in [1.82, 2.24) is 14.8 Å². The predicted molar refractivity (Wildman–Crippen MR) is 101 cm³/mol. The molecule has 1 aromatic carbocycles. The van der Waals surface area contributed by atoms with E-state index in [1.54, 1.807) is 12.1 Å². The fourth-order valence-corrected chi connectivity index (χ4v) is 3.16. The summed E-state index contributed by atoms with van der Waals surface area (Å²) in [4.78, 5) is 21.2. The molecule has 1 aliphatic heterocycles. The van der Waals surface area contributed by atoms with E-state index in [2.05, 4.69) is 33.1 Å². The molecule has 1 amide bonds. The summed E-state index contributed by atoms with van der Waals surface area (Å²) in [6.45, 7) is 7.03. The number of hydrogen-bond acceptors (Lipinski definition) is 4. The average molecular weight is 359 g/mol. The summed E-state index contributed by atoms with van der Waals surface area (Å²) in [6, 6.07) is 11.3. The highest BCUT2D eigenvalue weighted by Crippen LogP contribution is 2.15. The topological polar surface area (TPSA) is 48.5 Å². The molecule has 0 unspecified atom stereocenters. The molecule has 25 heavy (non-hydrogen) atoms. The van der Waals surface area contributed by atoms with Gasteiger partial charge in [0.1, 0.15) is 0 Å². The molecule has 3 rings (SSSR count). The molecule has 0 atom stereocenters. The van der Waals surface area contributed by atoms with Crippen molar-refractivity contribution in [1.29, 1.82) is 0 Å². The number of aryl methyl sites for hydroxylation is 1. The minimum atomic E-state index is -0.00344. The van der Waals surface area contributed by atoms with Crippen molar-refractivity contribution in [2.24, 2.45) is 0 Å². The molecule has 1 fully saturated rings. The first-order chi connectivity index (χ1) is 12.1. The lowest BCUT2D eigenvalue weighted by Gasteiger charge is -2.34. The number of nitrogens with one attached hydrogen (secondary N) is 1. The van der Waals surface area contributed by atoms with Crippen LogP contribution in [0.25, 0.3) is 0 Å². The number of anilines is 1. The van der Waals surface area contributed by atoms with Gasteiger partial charge in [-0.15, -0.1) is 0 Å². The fraction of sp³-hybridized carbons (Fsp3) is 0.368. The Hall–Kier alpha value is -1.95. The van der Waals surface area contributed by atoms with Gasteiger partial charge in [-0.05, 0) is 36.8 Å². The molecule has 2 heterocycles. The maximum absolute atomic E-state index is 12.2. The highest BCUT2D eigenvalue weighted by atomic mass is 35.5. The summed E-state index contributed by atoms with van der Waals surface area (Å²) in [5.74, 6) is -0.00344. The number of halogens is 1. The Morgan fingerprint density at radius 3 is 2.64 bits per heavy atom. The molecular formula is C19H23ClN4O. The van der Waals surface area contributed by atoms with Crippen molar-refractivity contribution >= 4 is 23.2 Å². The Balaban J connectivity index is 1.44. The van der Waals surface area contributed by atoms with Crippen LogP contribution in [-0.2, 0) is 11.3 Å². The van der Waals surface area contributed by atoms with Crippen LogP contribution >= 0.6 is 11.6 Å². The number of rotatable bonds is 5. The first-order valence-electron chi connectivity index (χ1n) is 8.51. The average Bonchev–Trinajstić information content (AvgIpc) is 2.58. The molecule has 1 aromatic heterocycles. The van der Waals surface area contributed by atoms with E-state index in [0.717, 1.165) is 44.1 Å². The minimum Gasteiger partial charge on any atom is -0.325 e. The van der Waals surface area contributed by atoms with Crippen LogP contribution in [0, 0.1) is 6.92 Å². The van der Waals surface area contributed by atoms with Crippen LogP contribution in [-0.4, -0.2) is 53.4 Å². The molecule has 0 saturated carbocycles. The van der Waals surface area contributed by atoms with Gasteiger partial charge in [0.2, 0.25) is 5.91 Å². The number of carbonyl (C=O) groups excluding carboxylic acids is 1. The molecular weight excluding hydrogens is 336 g/mol. The molecule has 5 nitrogen and oxygen atoms in total. The van der Waals surface area contributed by atoms with Gasteiger partial charge in [0.15, 0.2) is 0 Å². The third-order valence-electron chi connectivity index (χ3n) is 4.43. The summed E-state index contributed by atoms with van der Waals surface area (Å²) < 4.78 is 0. The summed E-state index contributed by atoms with van der Waals surface area (Å²) in [6.07, 6.45) is 1.85. The standard InChI is InChI=1S/C19H23ClN4O/c1-15-4-3-7-21-18(15)13-23-8-10-24(11-9-23)14-19(25)22-17-6-2-5-16(20)12-17/h2-7,12H,8-11,13-14H2,1H3,(H,22,25). The molecule has 0 spiro atoms. The normalized spacial score (nSPS) is 15.9. The lowest BCUT2D eigenvalue weighted by atomic mass is 10.2. The van der Waals surface area contributed by atoms with Crippen LogP contribution in [0.15, 0.2) is 42.6 Å². The lowest BCUT2D eigenvalue weighted by molar-refractivity contribution is -0.117. The Morgan fingerprint density at radius 2 is 1.92 bits per heavy atom. The quantitative estimate of drug-likeness (QED) is 0.892. The van der Waals surface area contributed by atoms with Gasteiger partial charge in [-0.3, -0.25) is 19.6 Å². The molecule has 0 aliphatic carbocycles. The van der Waals surface area contributed by atoms with E-state index in [1.807, 2.05) is 24.4 Å². The first-order valence-corrected chi connectivity index (χ1v) is 8.88. The molecule has 6 heteroatoms. The van der Waals surface area contributed by atoms with Crippen molar-refractivity contribution in [2.45, 2.75) is 13.5 Å². The van der Waals surface area contributed by atoms with E-state index >= 15 is 0 Å². The number of benzene rings is 1. The number of pyridine rings is 1. The maximum atomic E-state index is 12.2. The van der Waals surface area contributed by atoms with Gasteiger partial charge < -0.3 is 5.32 Å². The summed E-state index contributed by atoms with van der Waals surface area (Å²) >= 11 is 5.94. The zero-order valence-electron chi connectivity index (χ0n) is 14.4. The Labute approximate surface area is 153 Å². The summed E-state index contributed by atoms with van der Waals surface area (Å²) in [5, 5.41) is 3.52. The number of piperazine rings is 1. The molecule has 1 N–H and O–H groups in total. The van der Waals surface area contributed by atoms with Gasteiger partial charge in [0, 0.05) is 49.6 Å². The summed E-state index contributed by atoms with van der Waals surface area (Å²) in [7, 11) is 0. The largest absolute Gasteiger partial charge is 0.325 e. The van der Waals surface area contributed by atoms with E-state index in [1.165, 1.54) is 5.56 Å². The first kappa shape index (κ1) is 17.9. The second-order valence-corrected chi connectivity index (χ2v) is 6.81. The third-order valence-corrected chi connectivity index (χ3v) is 4.67. The van der Waals surface area contributed by atoms with Crippen LogP contribution in [0.2, 0.25) is 5.02 Å². The second kappa shape index (κ2) is 8.43. The Morgan fingerprint density at radius 1 is 1.16 bits per heavy atom. The van der Waals surface area contributed by atoms with Crippen LogP contribution < -0.4 is 5.32 Å². The maximum Gasteiger partial charge on any atom is 0.238 e. The number of amides is 1. The van der Waals surface area contributed by atoms with E-state index in [4.69, 9.17) is 11.6 Å². The fourth-order valence-electron chi connectivity index (χ4n) is 2.97. The zero-order chi connectivity index (χ0) is 17.6. The monoisotopic (exact) mass is 358 g/mol. The molecule has 2 aromatic rings. The minimum absolute atomic E-state index is 0.00344. The van der Waals surface area contributed by atoms with Crippen LogP contribution in [0.4, 0.5) is 5.69 Å². The van der Waals surface area contributed by atoms with Crippen molar-refractivity contribution in [3.63, 3.8) is 0 Å². The number of nitrogens with zero attached hydrogens (tertiary/aromatic N) is 3. The van der Waals surface area contributed by atoms with E-state index in [-0.39, 0.29) is 5.91 Å². The highest BCUT2D eigenvalue weighted by molar-refractivity contribution is 6.30. The van der Waals surface area contributed by atoms with Crippen LogP contribution in [0.3, 0.4) is 0 Å². The van der Waals surface area contributed by atoms with Crippen LogP contribution in [0.1, 0.15) is 11.3 Å². The van der Waals surface area contributed by atoms with Crippen molar-refractivity contribution in [3.05, 3.63) is 58.9 Å². The van der Waals surface area contributed by atoms with Crippen molar-refractivity contribution in [2.75, 3.05) is 38.0 Å². The van der Waals surface area contributed by atoms with Gasteiger partial charge in [0.05, 0.1) is 12.2 Å². The SMILES string of the molecule is Cc1cccnc1CN1CCN(CC(=O)Nc2cccc(Cl)c2)CC1. The molecule has 0 radical (unpaired) electrons. The predicted octanol–water partition coefficient (Wildman–Crippen LogP) is 2.80. The van der Waals surface area contributed by atoms with E-state index in [9.17, 15) is 4.79 Å². The Bertz CT molecular complexity index is 729. The van der Waals surface area contributed by atoms with E-state index < -0.39 is 0 Å². The number of hydrogen-bond donors (Lipinski definition) is 1. The highest BCUT2D eigenvalue weighted by Gasteiger charge is 2.19. The van der Waals surface area contributed by atoms with Crippen LogP contribution in [0.5, 0.6) is 0 Å². The van der Waals surface area contributed by atoms with Gasteiger partial charge in [0.25, 0.3) is 0 Å². The molecule has 0 bridgehead atoms. The zero-order valence-corrected chi connectivity index (χ0v) is 15.2. The number of aromatic nitrogens is 1. The molecule has 1 aliphatic rings. The van der Waals surface area contributed by atoms with Gasteiger partial charge in [-0.1, -0.05) is 23.7 Å². The van der Waals surface area contributed by atoms with Gasteiger partial charge in [-0.25, -0.2) is 0 Å². The number of carbonyl (C=O) groups is 1. The lowest BCUT2D eigenvalue weighted by Crippen LogP contribution is -2.48. The summed E-state index contributed by atoms with van der Waals surface area (Å²) in [5.41, 5.74) is 3.10.